The number of benzene rings is 2. The first-order valence-electron chi connectivity index (χ1n) is 9.27. The van der Waals surface area contributed by atoms with Gasteiger partial charge in [-0.05, 0) is 96.6 Å². The van der Waals surface area contributed by atoms with E-state index < -0.39 is 0 Å². The number of rotatable bonds is 2. The van der Waals surface area contributed by atoms with Crippen molar-refractivity contribution in [1.82, 2.24) is 0 Å². The van der Waals surface area contributed by atoms with Crippen LogP contribution in [0.5, 0.6) is 11.5 Å². The Morgan fingerprint density at radius 3 is 1.75 bits per heavy atom. The van der Waals surface area contributed by atoms with Crippen LogP contribution in [0.15, 0.2) is 48.5 Å². The van der Waals surface area contributed by atoms with Crippen molar-refractivity contribution in [2.45, 2.75) is 37.5 Å². The third-order valence-corrected chi connectivity index (χ3v) is 7.15. The Morgan fingerprint density at radius 1 is 0.542 bits per heavy atom. The molecule has 0 amide bonds. The smallest absolute Gasteiger partial charge is 0.115 e. The average Bonchev–Trinajstić information content (AvgIpc) is 2.93. The summed E-state index contributed by atoms with van der Waals surface area (Å²) in [5.41, 5.74) is 2.83. The van der Waals surface area contributed by atoms with E-state index in [0.717, 1.165) is 23.7 Å². The molecule has 2 aromatic rings. The second kappa shape index (κ2) is 5.27. The first-order valence-corrected chi connectivity index (χ1v) is 9.27. The van der Waals surface area contributed by atoms with Crippen molar-refractivity contribution in [3.63, 3.8) is 0 Å². The van der Waals surface area contributed by atoms with Gasteiger partial charge in [0.2, 0.25) is 0 Å². The number of phenols is 2. The molecule has 124 valence electrons. The molecule has 2 bridgehead atoms. The van der Waals surface area contributed by atoms with E-state index in [9.17, 15) is 10.2 Å². The van der Waals surface area contributed by atoms with Gasteiger partial charge in [-0.1, -0.05) is 24.3 Å². The summed E-state index contributed by atoms with van der Waals surface area (Å²) in [4.78, 5) is 0. The van der Waals surface area contributed by atoms with Crippen LogP contribution in [0, 0.1) is 23.7 Å². The zero-order valence-corrected chi connectivity index (χ0v) is 13.8. The van der Waals surface area contributed by atoms with Gasteiger partial charge in [0, 0.05) is 0 Å². The van der Waals surface area contributed by atoms with Gasteiger partial charge >= 0.3 is 0 Å². The highest BCUT2D eigenvalue weighted by Crippen LogP contribution is 2.65. The summed E-state index contributed by atoms with van der Waals surface area (Å²) in [5.74, 6) is 5.54. The summed E-state index contributed by atoms with van der Waals surface area (Å²) in [6.07, 6.45) is 5.40. The predicted molar refractivity (Wildman–Crippen MR) is 94.1 cm³/mol. The Balaban J connectivity index is 1.36. The summed E-state index contributed by atoms with van der Waals surface area (Å²) >= 11 is 0. The number of hydrogen-bond acceptors (Lipinski definition) is 2. The summed E-state index contributed by atoms with van der Waals surface area (Å²) in [6, 6.07) is 15.8. The molecule has 0 heterocycles. The van der Waals surface area contributed by atoms with Crippen molar-refractivity contribution < 1.29 is 10.2 Å². The fourth-order valence-corrected chi connectivity index (χ4v) is 5.99. The van der Waals surface area contributed by atoms with Gasteiger partial charge in [0.25, 0.3) is 0 Å². The minimum atomic E-state index is 0.366. The fourth-order valence-electron chi connectivity index (χ4n) is 5.99. The summed E-state index contributed by atoms with van der Waals surface area (Å²) in [5, 5.41) is 19.1. The van der Waals surface area contributed by atoms with Crippen molar-refractivity contribution in [2.24, 2.45) is 23.7 Å². The average molecular weight is 320 g/mol. The summed E-state index contributed by atoms with van der Waals surface area (Å²) in [6.45, 7) is 0. The lowest BCUT2D eigenvalue weighted by Crippen LogP contribution is -2.42. The monoisotopic (exact) mass is 320 g/mol. The minimum Gasteiger partial charge on any atom is -0.508 e. The quantitative estimate of drug-likeness (QED) is 0.814. The van der Waals surface area contributed by atoms with Crippen LogP contribution in [-0.4, -0.2) is 10.2 Å². The lowest BCUT2D eigenvalue weighted by molar-refractivity contribution is 0.0267. The zero-order valence-electron chi connectivity index (χ0n) is 13.8. The van der Waals surface area contributed by atoms with E-state index in [-0.39, 0.29) is 0 Å². The van der Waals surface area contributed by atoms with E-state index in [4.69, 9.17) is 0 Å². The highest BCUT2D eigenvalue weighted by Gasteiger charge is 2.54. The molecule has 5 rings (SSSR count). The SMILES string of the molecule is Oc1ccc(C2CC3CC2CC2C(c4ccc(O)cc4)CC32)cc1. The van der Waals surface area contributed by atoms with Gasteiger partial charge in [-0.25, -0.2) is 0 Å². The number of hydrogen-bond donors (Lipinski definition) is 2. The third kappa shape index (κ3) is 2.16. The molecule has 2 aromatic carbocycles. The largest absolute Gasteiger partial charge is 0.508 e. The Hall–Kier alpha value is -1.96. The van der Waals surface area contributed by atoms with Crippen molar-refractivity contribution in [2.75, 3.05) is 0 Å². The number of fused-ring (bicyclic) bond motifs is 4. The van der Waals surface area contributed by atoms with Crippen molar-refractivity contribution in [3.8, 4) is 11.5 Å². The van der Waals surface area contributed by atoms with Crippen molar-refractivity contribution in [3.05, 3.63) is 59.7 Å². The molecule has 2 nitrogen and oxygen atoms in total. The molecule has 24 heavy (non-hydrogen) atoms. The minimum absolute atomic E-state index is 0.366. The molecule has 0 aliphatic heterocycles. The summed E-state index contributed by atoms with van der Waals surface area (Å²) in [7, 11) is 0. The van der Waals surface area contributed by atoms with E-state index >= 15 is 0 Å². The lowest BCUT2D eigenvalue weighted by Gasteiger charge is -2.51. The molecular weight excluding hydrogens is 296 g/mol. The van der Waals surface area contributed by atoms with E-state index in [1.54, 1.807) is 0 Å². The maximum absolute atomic E-state index is 9.54. The molecule has 3 fully saturated rings. The molecule has 0 spiro atoms. The van der Waals surface area contributed by atoms with Gasteiger partial charge in [-0.15, -0.1) is 0 Å². The molecule has 0 radical (unpaired) electrons. The lowest BCUT2D eigenvalue weighted by atomic mass is 9.53. The van der Waals surface area contributed by atoms with Crippen LogP contribution >= 0.6 is 0 Å². The molecule has 3 aliphatic carbocycles. The first kappa shape index (κ1) is 14.4. The normalized spacial score (nSPS) is 36.8. The van der Waals surface area contributed by atoms with E-state index in [1.807, 2.05) is 24.3 Å². The van der Waals surface area contributed by atoms with Crippen molar-refractivity contribution >= 4 is 0 Å². The Bertz CT molecular complexity index is 734. The molecule has 6 unspecified atom stereocenters. The third-order valence-electron chi connectivity index (χ3n) is 7.15. The molecule has 0 aromatic heterocycles. The standard InChI is InChI=1S/C22H24O2/c23-17-5-1-13(2-6-17)19-10-16-9-15(19)11-22-20(12-21(16)22)14-3-7-18(24)8-4-14/h1-8,15-16,19-24H,9-12H2. The van der Waals surface area contributed by atoms with E-state index in [0.29, 0.717) is 23.3 Å². The van der Waals surface area contributed by atoms with Crippen LogP contribution in [0.4, 0.5) is 0 Å². The van der Waals surface area contributed by atoms with E-state index in [1.165, 1.54) is 36.8 Å². The molecular formula is C22H24O2. The van der Waals surface area contributed by atoms with Gasteiger partial charge in [-0.2, -0.15) is 0 Å². The van der Waals surface area contributed by atoms with Gasteiger partial charge in [-0.3, -0.25) is 0 Å². The second-order valence-corrected chi connectivity index (χ2v) is 8.19. The second-order valence-electron chi connectivity index (χ2n) is 8.19. The van der Waals surface area contributed by atoms with E-state index in [2.05, 4.69) is 24.3 Å². The Kier molecular flexibility index (Phi) is 3.16. The van der Waals surface area contributed by atoms with Crippen LogP contribution in [0.1, 0.15) is 48.6 Å². The molecule has 0 saturated heterocycles. The maximum Gasteiger partial charge on any atom is 0.115 e. The Morgan fingerprint density at radius 2 is 1.12 bits per heavy atom. The molecule has 3 aliphatic rings. The summed E-state index contributed by atoms with van der Waals surface area (Å²) < 4.78 is 0. The topological polar surface area (TPSA) is 40.5 Å². The van der Waals surface area contributed by atoms with Gasteiger partial charge in [0.05, 0.1) is 0 Å². The molecule has 3 saturated carbocycles. The van der Waals surface area contributed by atoms with Crippen LogP contribution in [0.25, 0.3) is 0 Å². The first-order chi connectivity index (χ1) is 11.7. The van der Waals surface area contributed by atoms with Crippen molar-refractivity contribution in [1.29, 1.82) is 0 Å². The van der Waals surface area contributed by atoms with Crippen LogP contribution in [0.3, 0.4) is 0 Å². The maximum atomic E-state index is 9.54. The molecule has 6 atom stereocenters. The Labute approximate surface area is 143 Å². The van der Waals surface area contributed by atoms with Crippen LogP contribution in [-0.2, 0) is 0 Å². The number of aromatic hydroxyl groups is 2. The highest BCUT2D eigenvalue weighted by molar-refractivity contribution is 5.33. The highest BCUT2D eigenvalue weighted by atomic mass is 16.3. The van der Waals surface area contributed by atoms with Gasteiger partial charge in [0.15, 0.2) is 0 Å². The molecule has 2 N–H and O–H groups in total. The van der Waals surface area contributed by atoms with Crippen LogP contribution in [0.2, 0.25) is 0 Å². The van der Waals surface area contributed by atoms with Gasteiger partial charge < -0.3 is 10.2 Å². The fraction of sp³-hybridized carbons (Fsp3) is 0.455. The zero-order chi connectivity index (χ0) is 16.3. The van der Waals surface area contributed by atoms with Gasteiger partial charge in [0.1, 0.15) is 11.5 Å². The predicted octanol–water partition coefficient (Wildman–Crippen LogP) is 5.03. The molecule has 2 heteroatoms. The number of phenolic OH excluding ortho intramolecular Hbond substituents is 2. The van der Waals surface area contributed by atoms with Crippen LogP contribution < -0.4 is 0 Å².